The minimum absolute atomic E-state index is 0.0121. The zero-order valence-electron chi connectivity index (χ0n) is 14.0. The first-order valence-electron chi connectivity index (χ1n) is 7.69. The predicted octanol–water partition coefficient (Wildman–Crippen LogP) is 0.645. The lowest BCUT2D eigenvalue weighted by Crippen LogP contribution is -2.71. The summed E-state index contributed by atoms with van der Waals surface area (Å²) in [6, 6.07) is 6.11. The fraction of sp³-hybridized carbons (Fsp3) is 0.375. The molecule has 3 rings (SSSR count). The Hall–Kier alpha value is -2.52. The summed E-state index contributed by atoms with van der Waals surface area (Å²) in [6.45, 7) is 3.28. The Morgan fingerprint density at radius 3 is 2.72 bits per heavy atom. The van der Waals surface area contributed by atoms with Gasteiger partial charge < -0.3 is 10.1 Å². The third kappa shape index (κ3) is 2.75. The molecule has 0 bridgehead atoms. The van der Waals surface area contributed by atoms with E-state index in [4.69, 9.17) is 17.0 Å². The number of hydrazine groups is 1. The number of carbonyl (C=O) groups is 3. The number of thiocarbonyl (C=S) groups is 1. The van der Waals surface area contributed by atoms with E-state index in [0.29, 0.717) is 11.4 Å². The highest BCUT2D eigenvalue weighted by Crippen LogP contribution is 2.33. The summed E-state index contributed by atoms with van der Waals surface area (Å²) in [7, 11) is 1.50. The molecule has 1 atom stereocenters. The number of methoxy groups -OCH3 is 1. The topological polar surface area (TPSA) is 91.0 Å². The van der Waals surface area contributed by atoms with Crippen molar-refractivity contribution >= 4 is 40.7 Å². The number of amides is 3. The Balaban J connectivity index is 1.91. The van der Waals surface area contributed by atoms with Crippen LogP contribution in [0.2, 0.25) is 0 Å². The molecule has 2 fully saturated rings. The molecule has 2 heterocycles. The molecule has 2 aliphatic heterocycles. The molecular formula is C16H18N4O4S. The van der Waals surface area contributed by atoms with Gasteiger partial charge in [-0.2, -0.15) is 5.01 Å². The number of nitrogens with one attached hydrogen (secondary N) is 2. The van der Waals surface area contributed by atoms with E-state index in [1.54, 1.807) is 38.1 Å². The van der Waals surface area contributed by atoms with Crippen LogP contribution in [0.5, 0.6) is 5.75 Å². The number of rotatable bonds is 3. The molecule has 0 aliphatic carbocycles. The van der Waals surface area contributed by atoms with Crippen LogP contribution >= 0.6 is 12.2 Å². The molecule has 0 saturated carbocycles. The van der Waals surface area contributed by atoms with Gasteiger partial charge in [0, 0.05) is 0 Å². The third-order valence-corrected chi connectivity index (χ3v) is 4.60. The monoisotopic (exact) mass is 362 g/mol. The van der Waals surface area contributed by atoms with E-state index in [1.807, 2.05) is 0 Å². The van der Waals surface area contributed by atoms with Gasteiger partial charge in [0.15, 0.2) is 5.11 Å². The molecule has 25 heavy (non-hydrogen) atoms. The Bertz CT molecular complexity index is 779. The van der Waals surface area contributed by atoms with Gasteiger partial charge >= 0.3 is 0 Å². The van der Waals surface area contributed by atoms with Crippen LogP contribution in [0.25, 0.3) is 0 Å². The lowest BCUT2D eigenvalue weighted by Gasteiger charge is -2.45. The highest BCUT2D eigenvalue weighted by molar-refractivity contribution is 7.80. The van der Waals surface area contributed by atoms with E-state index in [2.05, 4.69) is 10.6 Å². The van der Waals surface area contributed by atoms with E-state index in [1.165, 1.54) is 17.1 Å². The molecule has 9 heteroatoms. The molecule has 1 aromatic carbocycles. The van der Waals surface area contributed by atoms with Crippen molar-refractivity contribution in [2.75, 3.05) is 12.4 Å². The van der Waals surface area contributed by atoms with Gasteiger partial charge in [0.1, 0.15) is 17.3 Å². The number of fused-ring (bicyclic) bond motifs is 1. The van der Waals surface area contributed by atoms with E-state index in [-0.39, 0.29) is 23.3 Å². The van der Waals surface area contributed by atoms with E-state index in [0.717, 1.165) is 0 Å². The third-order valence-electron chi connectivity index (χ3n) is 4.32. The zero-order valence-corrected chi connectivity index (χ0v) is 14.8. The van der Waals surface area contributed by atoms with Crippen LogP contribution in [0, 0.1) is 0 Å². The van der Waals surface area contributed by atoms with Crippen molar-refractivity contribution in [3.8, 4) is 5.75 Å². The zero-order chi connectivity index (χ0) is 18.4. The van der Waals surface area contributed by atoms with Crippen LogP contribution in [0.4, 0.5) is 5.69 Å². The number of nitrogens with zero attached hydrogens (tertiary/aromatic N) is 2. The lowest BCUT2D eigenvalue weighted by molar-refractivity contribution is -0.154. The van der Waals surface area contributed by atoms with Crippen molar-refractivity contribution in [2.45, 2.75) is 31.8 Å². The maximum atomic E-state index is 12.8. The number of ether oxygens (including phenoxy) is 1. The number of hydrogen-bond acceptors (Lipinski definition) is 6. The normalized spacial score (nSPS) is 22.4. The molecule has 2 saturated heterocycles. The Morgan fingerprint density at radius 1 is 1.36 bits per heavy atom. The summed E-state index contributed by atoms with van der Waals surface area (Å²) in [5.74, 6) is -0.606. The standard InChI is InChI=1S/C16H18N4O4S/c1-16(2)14(23)18-15(25)19-12(21)8-10(20(16)19)13(22)17-9-6-4-5-7-11(9)24-3/h4-7,10H,8H2,1-3H3,(H,17,22)(H,18,23,25)/t10-/m1/s1. The second-order valence-corrected chi connectivity index (χ2v) is 6.66. The van der Waals surface area contributed by atoms with Gasteiger partial charge in [-0.05, 0) is 38.2 Å². The molecule has 0 radical (unpaired) electrons. The molecule has 1 aromatic rings. The molecular weight excluding hydrogens is 344 g/mol. The Labute approximate surface area is 150 Å². The van der Waals surface area contributed by atoms with Crippen LogP contribution in [0.1, 0.15) is 20.3 Å². The summed E-state index contributed by atoms with van der Waals surface area (Å²) in [5.41, 5.74) is -0.611. The van der Waals surface area contributed by atoms with Crippen LogP contribution < -0.4 is 15.4 Å². The summed E-state index contributed by atoms with van der Waals surface area (Å²) >= 11 is 5.09. The lowest BCUT2D eigenvalue weighted by atomic mass is 10.00. The van der Waals surface area contributed by atoms with Crippen LogP contribution in [-0.4, -0.2) is 51.5 Å². The highest BCUT2D eigenvalue weighted by atomic mass is 32.1. The first kappa shape index (κ1) is 17.3. The van der Waals surface area contributed by atoms with Gasteiger partial charge in [0.2, 0.25) is 17.7 Å². The van der Waals surface area contributed by atoms with Crippen LogP contribution in [0.3, 0.4) is 0 Å². The minimum atomic E-state index is -1.10. The average molecular weight is 362 g/mol. The van der Waals surface area contributed by atoms with E-state index >= 15 is 0 Å². The van der Waals surface area contributed by atoms with Crippen LogP contribution in [-0.2, 0) is 14.4 Å². The smallest absolute Gasteiger partial charge is 0.248 e. The van der Waals surface area contributed by atoms with Crippen molar-refractivity contribution in [1.29, 1.82) is 0 Å². The quantitative estimate of drug-likeness (QED) is 0.767. The number of para-hydroxylation sites is 2. The minimum Gasteiger partial charge on any atom is -0.495 e. The summed E-state index contributed by atoms with van der Waals surface area (Å²) in [5, 5.41) is 7.90. The molecule has 0 unspecified atom stereocenters. The molecule has 132 valence electrons. The predicted molar refractivity (Wildman–Crippen MR) is 93.5 cm³/mol. The maximum Gasteiger partial charge on any atom is 0.248 e. The number of anilines is 1. The second-order valence-electron chi connectivity index (χ2n) is 6.28. The SMILES string of the molecule is COc1ccccc1NC(=O)[C@H]1CC(=O)N2C(=S)NC(=O)C(C)(C)N12. The number of hydrogen-bond donors (Lipinski definition) is 2. The summed E-state index contributed by atoms with van der Waals surface area (Å²) in [6.07, 6.45) is -0.0699. The fourth-order valence-corrected chi connectivity index (χ4v) is 3.31. The summed E-state index contributed by atoms with van der Waals surface area (Å²) < 4.78 is 5.22. The van der Waals surface area contributed by atoms with Crippen molar-refractivity contribution in [2.24, 2.45) is 0 Å². The Morgan fingerprint density at radius 2 is 2.04 bits per heavy atom. The highest BCUT2D eigenvalue weighted by Gasteiger charge is 2.56. The Kier molecular flexibility index (Phi) is 4.21. The van der Waals surface area contributed by atoms with Crippen molar-refractivity contribution in [3.63, 3.8) is 0 Å². The van der Waals surface area contributed by atoms with Gasteiger partial charge in [0.05, 0.1) is 19.2 Å². The van der Waals surface area contributed by atoms with E-state index in [9.17, 15) is 14.4 Å². The maximum absolute atomic E-state index is 12.8. The van der Waals surface area contributed by atoms with Gasteiger partial charge in [-0.15, -0.1) is 0 Å². The number of carbonyl (C=O) groups excluding carboxylic acids is 3. The molecule has 0 aromatic heterocycles. The number of benzene rings is 1. The van der Waals surface area contributed by atoms with Gasteiger partial charge in [-0.25, -0.2) is 5.01 Å². The fourth-order valence-electron chi connectivity index (χ4n) is 3.02. The van der Waals surface area contributed by atoms with Gasteiger partial charge in [0.25, 0.3) is 0 Å². The first-order valence-corrected chi connectivity index (χ1v) is 8.09. The van der Waals surface area contributed by atoms with Crippen molar-refractivity contribution in [3.05, 3.63) is 24.3 Å². The van der Waals surface area contributed by atoms with Crippen LogP contribution in [0.15, 0.2) is 24.3 Å². The van der Waals surface area contributed by atoms with Gasteiger partial charge in [-0.1, -0.05) is 12.1 Å². The van der Waals surface area contributed by atoms with Gasteiger partial charge in [-0.3, -0.25) is 19.7 Å². The van der Waals surface area contributed by atoms with Crippen molar-refractivity contribution < 1.29 is 19.1 Å². The molecule has 3 amide bonds. The summed E-state index contributed by atoms with van der Waals surface area (Å²) in [4.78, 5) is 37.4. The molecule has 8 nitrogen and oxygen atoms in total. The van der Waals surface area contributed by atoms with E-state index < -0.39 is 17.5 Å². The molecule has 2 N–H and O–H groups in total. The largest absolute Gasteiger partial charge is 0.495 e. The first-order chi connectivity index (χ1) is 11.8. The molecule has 0 spiro atoms. The molecule has 2 aliphatic rings. The average Bonchev–Trinajstić information content (AvgIpc) is 2.92. The van der Waals surface area contributed by atoms with Crippen molar-refractivity contribution in [1.82, 2.24) is 15.3 Å². The second kappa shape index (κ2) is 6.08.